The van der Waals surface area contributed by atoms with Gasteiger partial charge in [-0.1, -0.05) is 11.8 Å². The summed E-state index contributed by atoms with van der Waals surface area (Å²) in [5, 5.41) is 24.9. The number of hydrogen-bond donors (Lipinski definition) is 2. The number of thioether (sulfide) groups is 1. The molecule has 1 aliphatic carbocycles. The molecular formula is C25H28N6O3S2. The number of nitrogens with zero attached hydrogens (tertiary/aromatic N) is 4. The first-order valence-corrected chi connectivity index (χ1v) is 13.7. The summed E-state index contributed by atoms with van der Waals surface area (Å²) < 4.78 is 7.25. The summed E-state index contributed by atoms with van der Waals surface area (Å²) in [5.74, 6) is 0.997. The second kappa shape index (κ2) is 12.1. The van der Waals surface area contributed by atoms with Gasteiger partial charge < -0.3 is 19.9 Å². The van der Waals surface area contributed by atoms with Crippen molar-refractivity contribution in [3.05, 3.63) is 46.1 Å². The van der Waals surface area contributed by atoms with Gasteiger partial charge in [-0.05, 0) is 69.4 Å². The van der Waals surface area contributed by atoms with Gasteiger partial charge in [0.25, 0.3) is 0 Å². The molecule has 0 atom stereocenters. The summed E-state index contributed by atoms with van der Waals surface area (Å²) in [5.41, 5.74) is 2.37. The molecule has 0 fully saturated rings. The number of benzene rings is 1. The zero-order chi connectivity index (χ0) is 25.5. The van der Waals surface area contributed by atoms with E-state index >= 15 is 0 Å². The Morgan fingerprint density at radius 3 is 2.64 bits per heavy atom. The van der Waals surface area contributed by atoms with Gasteiger partial charge in [-0.15, -0.1) is 21.5 Å². The van der Waals surface area contributed by atoms with Crippen molar-refractivity contribution in [1.82, 2.24) is 14.8 Å². The van der Waals surface area contributed by atoms with Crippen molar-refractivity contribution < 1.29 is 14.3 Å². The highest BCUT2D eigenvalue weighted by Crippen LogP contribution is 2.37. The predicted molar refractivity (Wildman–Crippen MR) is 141 cm³/mol. The van der Waals surface area contributed by atoms with Crippen molar-refractivity contribution in [2.75, 3.05) is 23.0 Å². The van der Waals surface area contributed by atoms with Gasteiger partial charge >= 0.3 is 0 Å². The van der Waals surface area contributed by atoms with Gasteiger partial charge in [0.1, 0.15) is 22.6 Å². The van der Waals surface area contributed by atoms with E-state index in [0.717, 1.165) is 37.0 Å². The number of hydrogen-bond acceptors (Lipinski definition) is 8. The van der Waals surface area contributed by atoms with Gasteiger partial charge in [0.15, 0.2) is 5.16 Å². The van der Waals surface area contributed by atoms with Crippen molar-refractivity contribution in [2.45, 2.75) is 57.7 Å². The number of nitriles is 1. The summed E-state index contributed by atoms with van der Waals surface area (Å²) >= 11 is 2.77. The third-order valence-electron chi connectivity index (χ3n) is 5.75. The number of thiophene rings is 1. The SMILES string of the molecule is CCOc1ccc(NC(=O)Cc2nnc(SCC(=O)Nc3sc4c(c3C#N)CCCC4)n2CC)cc1. The average Bonchev–Trinajstić information content (AvgIpc) is 3.43. The number of aromatic nitrogens is 3. The van der Waals surface area contributed by atoms with Crippen LogP contribution in [0.3, 0.4) is 0 Å². The molecule has 0 unspecified atom stereocenters. The van der Waals surface area contributed by atoms with Crippen molar-refractivity contribution in [1.29, 1.82) is 5.26 Å². The Balaban J connectivity index is 1.34. The Bertz CT molecular complexity index is 1280. The summed E-state index contributed by atoms with van der Waals surface area (Å²) in [6.45, 7) is 5.01. The highest BCUT2D eigenvalue weighted by molar-refractivity contribution is 7.99. The van der Waals surface area contributed by atoms with E-state index in [1.165, 1.54) is 28.0 Å². The molecule has 2 amide bonds. The lowest BCUT2D eigenvalue weighted by atomic mass is 9.96. The molecule has 188 valence electrons. The second-order valence-corrected chi connectivity index (χ2v) is 10.2. The maximum atomic E-state index is 12.7. The maximum absolute atomic E-state index is 12.7. The van der Waals surface area contributed by atoms with Crippen LogP contribution in [0.15, 0.2) is 29.4 Å². The van der Waals surface area contributed by atoms with E-state index in [1.807, 2.05) is 18.4 Å². The summed E-state index contributed by atoms with van der Waals surface area (Å²) in [6.07, 6.45) is 4.12. The normalized spacial score (nSPS) is 12.5. The molecular weight excluding hydrogens is 496 g/mol. The monoisotopic (exact) mass is 524 g/mol. The number of nitrogens with one attached hydrogen (secondary N) is 2. The van der Waals surface area contributed by atoms with E-state index in [2.05, 4.69) is 26.9 Å². The van der Waals surface area contributed by atoms with Crippen molar-refractivity contribution in [3.8, 4) is 11.8 Å². The van der Waals surface area contributed by atoms with Crippen LogP contribution in [0.25, 0.3) is 0 Å². The van der Waals surface area contributed by atoms with Gasteiger partial charge in [-0.3, -0.25) is 9.59 Å². The standard InChI is InChI=1S/C25H28N6O3S2/c1-3-31-21(13-22(32)27-16-9-11-17(12-10-16)34-4-2)29-30-25(31)35-15-23(33)28-24-19(14-26)18-7-5-6-8-20(18)36-24/h9-12H,3-8,13,15H2,1-2H3,(H,27,32)(H,28,33). The van der Waals surface area contributed by atoms with E-state index in [4.69, 9.17) is 4.74 Å². The molecule has 3 aromatic rings. The number of aryl methyl sites for hydroxylation is 1. The molecule has 0 saturated heterocycles. The van der Waals surface area contributed by atoms with E-state index < -0.39 is 0 Å². The highest BCUT2D eigenvalue weighted by atomic mass is 32.2. The quantitative estimate of drug-likeness (QED) is 0.377. The first-order valence-electron chi connectivity index (χ1n) is 11.9. The third kappa shape index (κ3) is 6.06. The van der Waals surface area contributed by atoms with Gasteiger partial charge in [0, 0.05) is 17.1 Å². The van der Waals surface area contributed by atoms with Gasteiger partial charge in [-0.25, -0.2) is 0 Å². The number of amides is 2. The zero-order valence-corrected chi connectivity index (χ0v) is 21.9. The van der Waals surface area contributed by atoms with Crippen LogP contribution in [-0.4, -0.2) is 38.9 Å². The van der Waals surface area contributed by atoms with Crippen molar-refractivity contribution in [2.24, 2.45) is 0 Å². The van der Waals surface area contributed by atoms with E-state index in [9.17, 15) is 14.9 Å². The molecule has 2 aromatic heterocycles. The lowest BCUT2D eigenvalue weighted by molar-refractivity contribution is -0.116. The first-order chi connectivity index (χ1) is 17.5. The fraction of sp³-hybridized carbons (Fsp3) is 0.400. The molecule has 11 heteroatoms. The van der Waals surface area contributed by atoms with Gasteiger partial charge in [0.2, 0.25) is 11.8 Å². The Morgan fingerprint density at radius 1 is 1.14 bits per heavy atom. The van der Waals surface area contributed by atoms with Crippen LogP contribution in [0.4, 0.5) is 10.7 Å². The van der Waals surface area contributed by atoms with E-state index in [-0.39, 0.29) is 24.0 Å². The molecule has 2 N–H and O–H groups in total. The lowest BCUT2D eigenvalue weighted by Gasteiger charge is -2.09. The zero-order valence-electron chi connectivity index (χ0n) is 20.3. The molecule has 0 radical (unpaired) electrons. The minimum atomic E-state index is -0.207. The molecule has 0 saturated carbocycles. The number of carbonyl (C=O) groups is 2. The number of anilines is 2. The van der Waals surface area contributed by atoms with Crippen LogP contribution in [0.5, 0.6) is 5.75 Å². The minimum Gasteiger partial charge on any atom is -0.494 e. The lowest BCUT2D eigenvalue weighted by Crippen LogP contribution is -2.18. The Kier molecular flexibility index (Phi) is 8.61. The number of fused-ring (bicyclic) bond motifs is 1. The van der Waals surface area contributed by atoms with Crippen LogP contribution in [-0.2, 0) is 35.4 Å². The van der Waals surface area contributed by atoms with Crippen LogP contribution in [0, 0.1) is 11.3 Å². The number of rotatable bonds is 10. The van der Waals surface area contributed by atoms with E-state index in [0.29, 0.717) is 40.4 Å². The fourth-order valence-electron chi connectivity index (χ4n) is 4.09. The molecule has 36 heavy (non-hydrogen) atoms. The fourth-order valence-corrected chi connectivity index (χ4v) is 6.17. The Morgan fingerprint density at radius 2 is 1.92 bits per heavy atom. The molecule has 1 aromatic carbocycles. The Hall–Kier alpha value is -3.36. The maximum Gasteiger partial charge on any atom is 0.235 e. The topological polar surface area (TPSA) is 122 Å². The molecule has 4 rings (SSSR count). The number of carbonyl (C=O) groups excluding carboxylic acids is 2. The van der Waals surface area contributed by atoms with Gasteiger partial charge in [0.05, 0.1) is 24.3 Å². The molecule has 9 nitrogen and oxygen atoms in total. The minimum absolute atomic E-state index is 0.0626. The van der Waals surface area contributed by atoms with Crippen molar-refractivity contribution in [3.63, 3.8) is 0 Å². The van der Waals surface area contributed by atoms with Crippen molar-refractivity contribution >= 4 is 45.6 Å². The van der Waals surface area contributed by atoms with Gasteiger partial charge in [-0.2, -0.15) is 5.26 Å². The summed E-state index contributed by atoms with van der Waals surface area (Å²) in [6, 6.07) is 9.45. The highest BCUT2D eigenvalue weighted by Gasteiger charge is 2.22. The summed E-state index contributed by atoms with van der Waals surface area (Å²) in [4.78, 5) is 26.4. The third-order valence-corrected chi connectivity index (χ3v) is 7.92. The van der Waals surface area contributed by atoms with Crippen LogP contribution < -0.4 is 15.4 Å². The van der Waals surface area contributed by atoms with E-state index in [1.54, 1.807) is 24.3 Å². The number of ether oxygens (including phenoxy) is 1. The molecule has 2 heterocycles. The second-order valence-electron chi connectivity index (χ2n) is 8.19. The van der Waals surface area contributed by atoms with Crippen LogP contribution in [0.2, 0.25) is 0 Å². The largest absolute Gasteiger partial charge is 0.494 e. The molecule has 0 bridgehead atoms. The molecule has 0 aliphatic heterocycles. The van der Waals surface area contributed by atoms with Crippen LogP contribution >= 0.6 is 23.1 Å². The first kappa shape index (κ1) is 25.7. The smallest absolute Gasteiger partial charge is 0.235 e. The van der Waals surface area contributed by atoms with Crippen LogP contribution in [0.1, 0.15) is 48.5 Å². The molecule has 1 aliphatic rings. The molecule has 0 spiro atoms. The Labute approximate surface area is 218 Å². The average molecular weight is 525 g/mol. The summed E-state index contributed by atoms with van der Waals surface area (Å²) in [7, 11) is 0. The predicted octanol–water partition coefficient (Wildman–Crippen LogP) is 4.42.